The summed E-state index contributed by atoms with van der Waals surface area (Å²) in [6.45, 7) is 10.4. The fraction of sp³-hybridized carbons (Fsp3) is 1.00. The van der Waals surface area contributed by atoms with E-state index in [-0.39, 0.29) is 51.8 Å². The zero-order chi connectivity index (χ0) is 24.8. The molecule has 0 saturated carbocycles. The number of aliphatic hydroxyl groups excluding tert-OH is 8. The van der Waals surface area contributed by atoms with Gasteiger partial charge in [-0.2, -0.15) is 0 Å². The van der Waals surface area contributed by atoms with Gasteiger partial charge in [0.05, 0.1) is 39.6 Å². The summed E-state index contributed by atoms with van der Waals surface area (Å²) in [5.74, 6) is 0. The molecule has 0 atom stereocenters. The van der Waals surface area contributed by atoms with Crippen LogP contribution < -0.4 is 0 Å². The van der Waals surface area contributed by atoms with E-state index in [4.69, 9.17) is 44.2 Å². The predicted molar refractivity (Wildman–Crippen MR) is 111 cm³/mol. The Kier molecular flexibility index (Phi) is 53.4. The van der Waals surface area contributed by atoms with E-state index >= 15 is 0 Å². The third-order valence-electron chi connectivity index (χ3n) is 2.50. The van der Waals surface area contributed by atoms with E-state index in [9.17, 15) is 0 Å². The molecule has 12 heteroatoms. The molecule has 0 heterocycles. The monoisotopic (exact) mass is 482 g/mol. The van der Waals surface area contributed by atoms with Crippen LogP contribution in [0.25, 0.3) is 0 Å². The van der Waals surface area contributed by atoms with Crippen molar-refractivity contribution in [3.8, 4) is 0 Å². The Bertz CT molecular complexity index is 212. The molecule has 0 spiro atoms. The quantitative estimate of drug-likeness (QED) is 0.134. The number of aliphatic hydroxyl groups is 8. The molecule has 0 aliphatic rings. The molecule has 0 amide bonds. The summed E-state index contributed by atoms with van der Waals surface area (Å²) in [5, 5.41) is 67.0. The average molecular weight is 482 g/mol. The molecular weight excluding hydrogens is 436 g/mol. The average Bonchev–Trinajstić information content (AvgIpc) is 2.64. The molecule has 0 saturated heterocycles. The van der Waals surface area contributed by atoms with Crippen LogP contribution >= 0.6 is 0 Å². The van der Waals surface area contributed by atoms with E-state index in [0.717, 1.165) is 20.4 Å². The number of hydrogen-bond donors (Lipinski definition) is 8. The summed E-state index contributed by atoms with van der Waals surface area (Å²) in [4.78, 5) is 3.58. The van der Waals surface area contributed by atoms with Gasteiger partial charge in [0.1, 0.15) is 0 Å². The molecular formula is C18H46N2O9Ti. The molecule has 0 unspecified atom stereocenters. The minimum atomic E-state index is -0.167. The molecule has 0 aliphatic carbocycles. The number of rotatable bonds is 12. The molecule has 8 N–H and O–H groups in total. The van der Waals surface area contributed by atoms with Gasteiger partial charge in [0, 0.05) is 51.5 Å². The molecule has 11 nitrogen and oxygen atoms in total. The number of hydrogen-bond acceptors (Lipinski definition) is 11. The van der Waals surface area contributed by atoms with E-state index in [0.29, 0.717) is 39.3 Å². The molecule has 0 aliphatic heterocycles. The van der Waals surface area contributed by atoms with Crippen LogP contribution in [0.15, 0.2) is 0 Å². The van der Waals surface area contributed by atoms with Gasteiger partial charge in [-0.15, -0.1) is 0 Å². The fourth-order valence-electron chi connectivity index (χ4n) is 1.52. The van der Waals surface area contributed by atoms with Gasteiger partial charge < -0.3 is 40.9 Å². The first-order valence-electron chi connectivity index (χ1n) is 9.82. The summed E-state index contributed by atoms with van der Waals surface area (Å²) in [6.07, 6.45) is -0.333. The van der Waals surface area contributed by atoms with Gasteiger partial charge in [-0.05, 0) is 27.7 Å². The summed E-state index contributed by atoms with van der Waals surface area (Å²) >= 11 is 0.750. The van der Waals surface area contributed by atoms with E-state index in [2.05, 4.69) is 0 Å². The molecule has 0 rings (SSSR count). The van der Waals surface area contributed by atoms with Crippen LogP contribution in [0.3, 0.4) is 0 Å². The van der Waals surface area contributed by atoms with E-state index in [1.54, 1.807) is 37.5 Å². The Labute approximate surface area is 193 Å². The van der Waals surface area contributed by atoms with E-state index < -0.39 is 0 Å². The fourth-order valence-corrected chi connectivity index (χ4v) is 1.52. The van der Waals surface area contributed by atoms with Crippen molar-refractivity contribution >= 4 is 0 Å². The Balaban J connectivity index is -0.0000000972. The molecule has 186 valence electrons. The second-order valence-corrected chi connectivity index (χ2v) is 6.21. The second-order valence-electron chi connectivity index (χ2n) is 6.21. The van der Waals surface area contributed by atoms with Crippen LogP contribution in [0.5, 0.6) is 0 Å². The van der Waals surface area contributed by atoms with Gasteiger partial charge >= 0.3 is 23.7 Å². The Morgan fingerprint density at radius 3 is 0.667 bits per heavy atom. The van der Waals surface area contributed by atoms with Crippen molar-refractivity contribution in [1.82, 2.24) is 9.80 Å². The van der Waals surface area contributed by atoms with Crippen LogP contribution in [0.4, 0.5) is 0 Å². The molecule has 0 aromatic heterocycles. The molecule has 0 aromatic carbocycles. The van der Waals surface area contributed by atoms with Crippen molar-refractivity contribution in [2.45, 2.75) is 39.9 Å². The van der Waals surface area contributed by atoms with Gasteiger partial charge in [-0.25, -0.2) is 0 Å². The first-order valence-corrected chi connectivity index (χ1v) is 10.5. The molecule has 0 aromatic rings. The molecule has 0 radical (unpaired) electrons. The van der Waals surface area contributed by atoms with Crippen LogP contribution in [-0.2, 0) is 23.7 Å². The van der Waals surface area contributed by atoms with Crippen LogP contribution in [0.2, 0.25) is 0 Å². The first kappa shape index (κ1) is 40.5. The maximum absolute atomic E-state index is 8.48. The Morgan fingerprint density at radius 2 is 0.600 bits per heavy atom. The van der Waals surface area contributed by atoms with Gasteiger partial charge in [-0.1, -0.05) is 0 Å². The first-order chi connectivity index (χ1) is 14.2. The molecule has 30 heavy (non-hydrogen) atoms. The predicted octanol–water partition coefficient (Wildman–Crippen LogP) is -2.82. The summed E-state index contributed by atoms with van der Waals surface area (Å²) in [5.41, 5.74) is 0. The molecule has 0 fully saturated rings. The Hall–Kier alpha value is 0.114. The van der Waals surface area contributed by atoms with E-state index in [1.807, 2.05) is 0 Å². The van der Waals surface area contributed by atoms with Gasteiger partial charge in [-0.3, -0.25) is 9.80 Å². The third-order valence-corrected chi connectivity index (χ3v) is 2.50. The van der Waals surface area contributed by atoms with Crippen molar-refractivity contribution < 1.29 is 64.6 Å². The summed E-state index contributed by atoms with van der Waals surface area (Å²) < 4.78 is 8.25. The second kappa shape index (κ2) is 39.6. The van der Waals surface area contributed by atoms with Gasteiger partial charge in [0.15, 0.2) is 0 Å². The zero-order valence-corrected chi connectivity index (χ0v) is 20.6. The standard InChI is InChI=1S/2C6H15NO3.2C3H8O.O.Ti/c2*8-4-1-7(2-5-9)3-6-10;2*1-3(2)4;;/h2*8-10H,1-6H2;2*3-4H,1-2H3;;. The molecule has 0 bridgehead atoms. The Morgan fingerprint density at radius 1 is 0.500 bits per heavy atom. The van der Waals surface area contributed by atoms with Crippen LogP contribution in [0, 0.1) is 0 Å². The minimum absolute atomic E-state index is 0.0694. The summed E-state index contributed by atoms with van der Waals surface area (Å²) in [6, 6.07) is 0. The summed E-state index contributed by atoms with van der Waals surface area (Å²) in [7, 11) is 0. The van der Waals surface area contributed by atoms with Crippen molar-refractivity contribution in [3.05, 3.63) is 0 Å². The van der Waals surface area contributed by atoms with Crippen molar-refractivity contribution in [2.75, 3.05) is 78.9 Å². The maximum atomic E-state index is 8.48. The van der Waals surface area contributed by atoms with Crippen molar-refractivity contribution in [3.63, 3.8) is 0 Å². The van der Waals surface area contributed by atoms with Crippen LogP contribution in [0.1, 0.15) is 27.7 Å². The van der Waals surface area contributed by atoms with E-state index in [1.165, 1.54) is 0 Å². The van der Waals surface area contributed by atoms with Gasteiger partial charge in [0.25, 0.3) is 0 Å². The third kappa shape index (κ3) is 63.0. The zero-order valence-electron chi connectivity index (χ0n) is 19.0. The van der Waals surface area contributed by atoms with Crippen molar-refractivity contribution in [1.29, 1.82) is 0 Å². The van der Waals surface area contributed by atoms with Gasteiger partial charge in [0.2, 0.25) is 0 Å². The SMILES string of the molecule is CC(C)O.CC(C)O.OCCN(CCO)CCO.OCCN(CCO)CCO.[O]=[Ti]. The normalized spacial score (nSPS) is 9.70. The number of nitrogens with zero attached hydrogens (tertiary/aromatic N) is 2. The van der Waals surface area contributed by atoms with Crippen molar-refractivity contribution in [2.24, 2.45) is 0 Å². The topological polar surface area (TPSA) is 185 Å². The van der Waals surface area contributed by atoms with Crippen LogP contribution in [-0.4, -0.2) is 142 Å².